The van der Waals surface area contributed by atoms with Crippen molar-refractivity contribution in [1.29, 1.82) is 5.26 Å². The molecule has 7 heteroatoms. The molecule has 1 aliphatic heterocycles. The van der Waals surface area contributed by atoms with E-state index in [9.17, 15) is 5.26 Å². The molecule has 0 saturated carbocycles. The van der Waals surface area contributed by atoms with Crippen LogP contribution in [0.5, 0.6) is 0 Å². The van der Waals surface area contributed by atoms with Crippen molar-refractivity contribution in [3.05, 3.63) is 35.0 Å². The van der Waals surface area contributed by atoms with Crippen molar-refractivity contribution in [2.24, 2.45) is 0 Å². The molecule has 1 aromatic carbocycles. The minimum Gasteiger partial charge on any atom is -0.419 e. The first-order valence-corrected chi connectivity index (χ1v) is 7.84. The highest BCUT2D eigenvalue weighted by Gasteiger charge is 2.24. The largest absolute Gasteiger partial charge is 0.419 e. The van der Waals surface area contributed by atoms with E-state index in [2.05, 4.69) is 16.0 Å². The molecule has 2 aromatic rings. The highest BCUT2D eigenvalue weighted by atomic mass is 35.5. The van der Waals surface area contributed by atoms with Crippen LogP contribution in [0.4, 0.5) is 5.88 Å². The number of hydrogen-bond donors (Lipinski definition) is 1. The second kappa shape index (κ2) is 7.01. The Morgan fingerprint density at radius 3 is 2.52 bits per heavy atom. The molecule has 1 aromatic heterocycles. The zero-order chi connectivity index (χ0) is 16.2. The van der Waals surface area contributed by atoms with Crippen LogP contribution in [0.2, 0.25) is 5.02 Å². The summed E-state index contributed by atoms with van der Waals surface area (Å²) in [5, 5.41) is 19.0. The first-order valence-electron chi connectivity index (χ1n) is 7.46. The zero-order valence-corrected chi connectivity index (χ0v) is 13.3. The quantitative estimate of drug-likeness (QED) is 0.922. The van der Waals surface area contributed by atoms with E-state index in [4.69, 9.17) is 21.1 Å². The van der Waals surface area contributed by atoms with Crippen molar-refractivity contribution in [1.82, 2.24) is 9.88 Å². The number of oxazole rings is 1. The second-order valence-electron chi connectivity index (χ2n) is 5.34. The summed E-state index contributed by atoms with van der Waals surface area (Å²) >= 11 is 5.89. The second-order valence-corrected chi connectivity index (χ2v) is 5.78. The Balaban J connectivity index is 1.80. The molecule has 6 nitrogen and oxygen atoms in total. The van der Waals surface area contributed by atoms with Gasteiger partial charge in [-0.15, -0.1) is 0 Å². The van der Waals surface area contributed by atoms with E-state index < -0.39 is 0 Å². The number of aliphatic hydroxyl groups is 1. The summed E-state index contributed by atoms with van der Waals surface area (Å²) < 4.78 is 5.85. The zero-order valence-electron chi connectivity index (χ0n) is 12.6. The van der Waals surface area contributed by atoms with Crippen molar-refractivity contribution < 1.29 is 9.52 Å². The lowest BCUT2D eigenvalue weighted by Gasteiger charge is -2.34. The number of nitriles is 1. The number of aliphatic hydroxyl groups excluding tert-OH is 1. The van der Waals surface area contributed by atoms with Gasteiger partial charge in [-0.25, -0.2) is 0 Å². The van der Waals surface area contributed by atoms with Gasteiger partial charge in [0, 0.05) is 43.3 Å². The van der Waals surface area contributed by atoms with Gasteiger partial charge in [0.05, 0.1) is 6.61 Å². The van der Waals surface area contributed by atoms with E-state index in [1.807, 2.05) is 17.0 Å². The summed E-state index contributed by atoms with van der Waals surface area (Å²) in [6.45, 7) is 3.95. The van der Waals surface area contributed by atoms with Gasteiger partial charge in [-0.2, -0.15) is 10.2 Å². The molecular formula is C16H17ClN4O2. The first kappa shape index (κ1) is 15.8. The summed E-state index contributed by atoms with van der Waals surface area (Å²) in [7, 11) is 0. The van der Waals surface area contributed by atoms with E-state index in [0.29, 0.717) is 29.0 Å². The summed E-state index contributed by atoms with van der Waals surface area (Å²) in [4.78, 5) is 8.50. The Morgan fingerprint density at radius 1 is 1.22 bits per heavy atom. The van der Waals surface area contributed by atoms with E-state index >= 15 is 0 Å². The summed E-state index contributed by atoms with van der Waals surface area (Å²) in [6.07, 6.45) is 0. The average Bonchev–Trinajstić information content (AvgIpc) is 3.01. The number of rotatable bonds is 4. The van der Waals surface area contributed by atoms with Crippen LogP contribution in [0, 0.1) is 11.3 Å². The Bertz CT molecular complexity index is 700. The summed E-state index contributed by atoms with van der Waals surface area (Å²) in [6, 6.07) is 9.27. The number of benzene rings is 1. The summed E-state index contributed by atoms with van der Waals surface area (Å²) in [5.41, 5.74) is 1.08. The smallest absolute Gasteiger partial charge is 0.235 e. The molecule has 23 heavy (non-hydrogen) atoms. The third-order valence-corrected chi connectivity index (χ3v) is 4.13. The van der Waals surface area contributed by atoms with Crippen LogP contribution < -0.4 is 4.90 Å². The molecule has 1 aliphatic rings. The van der Waals surface area contributed by atoms with Gasteiger partial charge in [-0.3, -0.25) is 4.90 Å². The maximum Gasteiger partial charge on any atom is 0.235 e. The molecule has 3 rings (SSSR count). The van der Waals surface area contributed by atoms with Crippen molar-refractivity contribution in [2.45, 2.75) is 0 Å². The fraction of sp³-hybridized carbons (Fsp3) is 0.375. The van der Waals surface area contributed by atoms with Crippen LogP contribution in [0.1, 0.15) is 5.69 Å². The molecule has 0 aliphatic carbocycles. The molecule has 120 valence electrons. The van der Waals surface area contributed by atoms with Crippen LogP contribution >= 0.6 is 11.6 Å². The molecular weight excluding hydrogens is 316 g/mol. The van der Waals surface area contributed by atoms with Crippen LogP contribution in [-0.4, -0.2) is 54.3 Å². The topological polar surface area (TPSA) is 76.5 Å². The average molecular weight is 333 g/mol. The number of β-amino-alcohol motifs (C(OH)–C–C–N with tert-alkyl or cyclic N) is 1. The highest BCUT2D eigenvalue weighted by Crippen LogP contribution is 2.29. The normalized spacial score (nSPS) is 15.6. The van der Waals surface area contributed by atoms with Crippen molar-refractivity contribution >= 4 is 17.5 Å². The monoisotopic (exact) mass is 332 g/mol. The third kappa shape index (κ3) is 3.48. The fourth-order valence-electron chi connectivity index (χ4n) is 2.63. The van der Waals surface area contributed by atoms with E-state index in [-0.39, 0.29) is 6.61 Å². The molecule has 2 heterocycles. The maximum atomic E-state index is 9.33. The third-order valence-electron chi connectivity index (χ3n) is 3.88. The number of nitrogens with zero attached hydrogens (tertiary/aromatic N) is 4. The van der Waals surface area contributed by atoms with Crippen molar-refractivity contribution in [3.63, 3.8) is 0 Å². The molecule has 0 amide bonds. The highest BCUT2D eigenvalue weighted by molar-refractivity contribution is 6.30. The van der Waals surface area contributed by atoms with Gasteiger partial charge >= 0.3 is 0 Å². The predicted molar refractivity (Wildman–Crippen MR) is 87.4 cm³/mol. The SMILES string of the molecule is N#Cc1nc(-c2ccc(Cl)cc2)oc1N1CCN(CCO)CC1. The Kier molecular flexibility index (Phi) is 4.82. The van der Waals surface area contributed by atoms with E-state index in [1.54, 1.807) is 12.1 Å². The lowest BCUT2D eigenvalue weighted by molar-refractivity contribution is 0.187. The standard InChI is InChI=1S/C16H17ClN4O2/c17-13-3-1-12(2-4-13)15-19-14(11-18)16(23-15)21-7-5-20(6-8-21)9-10-22/h1-4,22H,5-10H2. The van der Waals surface area contributed by atoms with Gasteiger partial charge in [0.15, 0.2) is 0 Å². The number of halogens is 1. The molecule has 0 radical (unpaired) electrons. The minimum absolute atomic E-state index is 0.159. The van der Waals surface area contributed by atoms with E-state index in [0.717, 1.165) is 31.7 Å². The number of anilines is 1. The molecule has 0 spiro atoms. The van der Waals surface area contributed by atoms with Crippen LogP contribution in [0.15, 0.2) is 28.7 Å². The molecule has 1 N–H and O–H groups in total. The van der Waals surface area contributed by atoms with Gasteiger partial charge in [-0.1, -0.05) is 11.6 Å². The molecule has 1 fully saturated rings. The van der Waals surface area contributed by atoms with Crippen LogP contribution in [0.3, 0.4) is 0 Å². The van der Waals surface area contributed by atoms with Gasteiger partial charge in [-0.05, 0) is 24.3 Å². The number of piperazine rings is 1. The number of hydrogen-bond acceptors (Lipinski definition) is 6. The van der Waals surface area contributed by atoms with Gasteiger partial charge < -0.3 is 14.4 Å². The van der Waals surface area contributed by atoms with Crippen molar-refractivity contribution in [2.75, 3.05) is 44.2 Å². The molecule has 0 bridgehead atoms. The molecule has 1 saturated heterocycles. The van der Waals surface area contributed by atoms with Crippen LogP contribution in [0.25, 0.3) is 11.5 Å². The molecule has 0 unspecified atom stereocenters. The minimum atomic E-state index is 0.159. The Labute approximate surface area is 139 Å². The lowest BCUT2D eigenvalue weighted by atomic mass is 10.2. The van der Waals surface area contributed by atoms with Crippen LogP contribution in [-0.2, 0) is 0 Å². The predicted octanol–water partition coefficient (Wildman–Crippen LogP) is 1.98. The lowest BCUT2D eigenvalue weighted by Crippen LogP contribution is -2.47. The van der Waals surface area contributed by atoms with Gasteiger partial charge in [0.2, 0.25) is 17.5 Å². The first-order chi connectivity index (χ1) is 11.2. The molecule has 0 atom stereocenters. The van der Waals surface area contributed by atoms with Gasteiger partial charge in [0.25, 0.3) is 0 Å². The van der Waals surface area contributed by atoms with Crippen molar-refractivity contribution in [3.8, 4) is 17.5 Å². The van der Waals surface area contributed by atoms with Gasteiger partial charge in [0.1, 0.15) is 6.07 Å². The van der Waals surface area contributed by atoms with E-state index in [1.165, 1.54) is 0 Å². The Hall–Kier alpha value is -2.07. The maximum absolute atomic E-state index is 9.33. The Morgan fingerprint density at radius 2 is 1.91 bits per heavy atom. The summed E-state index contributed by atoms with van der Waals surface area (Å²) in [5.74, 6) is 0.937. The number of aromatic nitrogens is 1. The fourth-order valence-corrected chi connectivity index (χ4v) is 2.76.